The summed E-state index contributed by atoms with van der Waals surface area (Å²) < 4.78 is 24.3. The van der Waals surface area contributed by atoms with Crippen LogP contribution in [0.3, 0.4) is 0 Å². The van der Waals surface area contributed by atoms with E-state index in [0.717, 1.165) is 22.2 Å². The number of nitrogens with zero attached hydrogens (tertiary/aromatic N) is 1. The maximum absolute atomic E-state index is 13.1. The molecule has 0 unspecified atom stereocenters. The van der Waals surface area contributed by atoms with Crippen LogP contribution in [-0.4, -0.2) is 35.6 Å². The standard InChI is InChI=1S/C26H20ClFN2O5S/c1-34-22-12-17(4-11-21(22)35-15-16-2-7-19(28)8-3-16)13-23-25(32)30(26(33)36-23)14-24(31)29-20-9-5-18(27)6-10-20/h2-13H,14-15H2,1H3,(H,29,31)/b23-13-. The molecule has 1 heterocycles. The molecule has 3 aromatic carbocycles. The van der Waals surface area contributed by atoms with Gasteiger partial charge in [0.25, 0.3) is 11.1 Å². The average molecular weight is 527 g/mol. The lowest BCUT2D eigenvalue weighted by Gasteiger charge is -2.12. The highest BCUT2D eigenvalue weighted by molar-refractivity contribution is 8.18. The maximum Gasteiger partial charge on any atom is 0.294 e. The van der Waals surface area contributed by atoms with Gasteiger partial charge in [-0.25, -0.2) is 4.39 Å². The van der Waals surface area contributed by atoms with Crippen LogP contribution < -0.4 is 14.8 Å². The van der Waals surface area contributed by atoms with Crippen LogP contribution in [0.15, 0.2) is 71.6 Å². The molecule has 0 atom stereocenters. The highest BCUT2D eigenvalue weighted by atomic mass is 35.5. The van der Waals surface area contributed by atoms with Gasteiger partial charge in [0.2, 0.25) is 5.91 Å². The van der Waals surface area contributed by atoms with Crippen molar-refractivity contribution in [3.05, 3.63) is 93.6 Å². The van der Waals surface area contributed by atoms with Crippen LogP contribution in [0.1, 0.15) is 11.1 Å². The number of thioether (sulfide) groups is 1. The summed E-state index contributed by atoms with van der Waals surface area (Å²) in [5, 5.41) is 2.61. The van der Waals surface area contributed by atoms with Gasteiger partial charge in [0.15, 0.2) is 11.5 Å². The number of methoxy groups -OCH3 is 1. The molecular formula is C26H20ClFN2O5S. The molecule has 4 rings (SSSR count). The van der Waals surface area contributed by atoms with Crippen LogP contribution in [0.25, 0.3) is 6.08 Å². The zero-order valence-corrected chi connectivity index (χ0v) is 20.6. The van der Waals surface area contributed by atoms with Crippen molar-refractivity contribution < 1.29 is 28.2 Å². The lowest BCUT2D eigenvalue weighted by Crippen LogP contribution is -2.36. The SMILES string of the molecule is COc1cc(/C=C2\SC(=O)N(CC(=O)Nc3ccc(Cl)cc3)C2=O)ccc1OCc1ccc(F)cc1. The van der Waals surface area contributed by atoms with E-state index in [1.807, 2.05) is 0 Å². The Morgan fingerprint density at radius 3 is 2.47 bits per heavy atom. The topological polar surface area (TPSA) is 84.9 Å². The summed E-state index contributed by atoms with van der Waals surface area (Å²) in [6.07, 6.45) is 1.55. The number of anilines is 1. The van der Waals surface area contributed by atoms with Crippen LogP contribution >= 0.6 is 23.4 Å². The molecule has 0 spiro atoms. The number of hydrogen-bond acceptors (Lipinski definition) is 6. The molecule has 0 aliphatic carbocycles. The lowest BCUT2D eigenvalue weighted by molar-refractivity contribution is -0.127. The summed E-state index contributed by atoms with van der Waals surface area (Å²) in [6.45, 7) is -0.197. The predicted molar refractivity (Wildman–Crippen MR) is 136 cm³/mol. The number of amides is 3. The number of hydrogen-bond donors (Lipinski definition) is 1. The van der Waals surface area contributed by atoms with E-state index in [2.05, 4.69) is 5.32 Å². The second kappa shape index (κ2) is 11.3. The minimum atomic E-state index is -0.563. The molecule has 36 heavy (non-hydrogen) atoms. The second-order valence-electron chi connectivity index (χ2n) is 7.65. The number of carbonyl (C=O) groups is 3. The molecule has 1 fully saturated rings. The Hall–Kier alpha value is -3.82. The molecule has 7 nitrogen and oxygen atoms in total. The number of benzene rings is 3. The summed E-state index contributed by atoms with van der Waals surface area (Å²) in [4.78, 5) is 38.6. The Balaban J connectivity index is 1.42. The first-order valence-corrected chi connectivity index (χ1v) is 11.9. The van der Waals surface area contributed by atoms with Gasteiger partial charge in [-0.1, -0.05) is 29.8 Å². The molecule has 3 amide bonds. The Kier molecular flexibility index (Phi) is 7.92. The van der Waals surface area contributed by atoms with E-state index in [1.165, 1.54) is 19.2 Å². The summed E-state index contributed by atoms with van der Waals surface area (Å²) >= 11 is 6.59. The molecule has 3 aromatic rings. The molecule has 1 aliphatic heterocycles. The van der Waals surface area contributed by atoms with Crippen LogP contribution in [0.4, 0.5) is 14.9 Å². The maximum atomic E-state index is 13.1. The highest BCUT2D eigenvalue weighted by Gasteiger charge is 2.36. The van der Waals surface area contributed by atoms with E-state index in [4.69, 9.17) is 21.1 Å². The van der Waals surface area contributed by atoms with Crippen molar-refractivity contribution in [1.29, 1.82) is 0 Å². The van der Waals surface area contributed by atoms with Crippen molar-refractivity contribution in [1.82, 2.24) is 4.90 Å². The number of halogens is 2. The molecule has 10 heteroatoms. The van der Waals surface area contributed by atoms with Crippen LogP contribution in [0.2, 0.25) is 5.02 Å². The van der Waals surface area contributed by atoms with E-state index in [0.29, 0.717) is 27.8 Å². The van der Waals surface area contributed by atoms with Gasteiger partial charge in [-0.05, 0) is 77.5 Å². The van der Waals surface area contributed by atoms with Crippen molar-refractivity contribution in [3.63, 3.8) is 0 Å². The predicted octanol–water partition coefficient (Wildman–Crippen LogP) is 5.74. The molecule has 184 valence electrons. The van der Waals surface area contributed by atoms with Gasteiger partial charge in [-0.3, -0.25) is 19.3 Å². The number of carbonyl (C=O) groups excluding carboxylic acids is 3. The average Bonchev–Trinajstić information content (AvgIpc) is 3.12. The Morgan fingerprint density at radius 1 is 1.06 bits per heavy atom. The smallest absolute Gasteiger partial charge is 0.294 e. The van der Waals surface area contributed by atoms with Crippen LogP contribution in [0.5, 0.6) is 11.5 Å². The second-order valence-corrected chi connectivity index (χ2v) is 9.08. The molecule has 0 radical (unpaired) electrons. The van der Waals surface area contributed by atoms with Gasteiger partial charge in [-0.2, -0.15) is 0 Å². The fourth-order valence-corrected chi connectivity index (χ4v) is 4.26. The summed E-state index contributed by atoms with van der Waals surface area (Å²) in [6, 6.07) is 17.5. The third-order valence-electron chi connectivity index (χ3n) is 5.10. The molecule has 0 saturated carbocycles. The highest BCUT2D eigenvalue weighted by Crippen LogP contribution is 2.34. The Morgan fingerprint density at radius 2 is 1.78 bits per heavy atom. The zero-order valence-electron chi connectivity index (χ0n) is 19.0. The summed E-state index contributed by atoms with van der Waals surface area (Å²) in [5.74, 6) is -0.511. The largest absolute Gasteiger partial charge is 0.493 e. The first kappa shape index (κ1) is 25.3. The van der Waals surface area contributed by atoms with Crippen LogP contribution in [-0.2, 0) is 16.2 Å². The molecule has 0 bridgehead atoms. The van der Waals surface area contributed by atoms with Crippen LogP contribution in [0, 0.1) is 5.82 Å². The molecule has 1 saturated heterocycles. The van der Waals surface area contributed by atoms with E-state index >= 15 is 0 Å². The summed E-state index contributed by atoms with van der Waals surface area (Å²) in [7, 11) is 1.48. The quantitative estimate of drug-likeness (QED) is 0.377. The van der Waals surface area contributed by atoms with Crippen molar-refractivity contribution in [2.24, 2.45) is 0 Å². The number of imide groups is 1. The van der Waals surface area contributed by atoms with Gasteiger partial charge in [0.1, 0.15) is 19.0 Å². The fourth-order valence-electron chi connectivity index (χ4n) is 3.30. The Labute approximate surface area is 215 Å². The third-order valence-corrected chi connectivity index (χ3v) is 6.26. The molecule has 1 N–H and O–H groups in total. The lowest BCUT2D eigenvalue weighted by atomic mass is 10.1. The monoisotopic (exact) mass is 526 g/mol. The first-order chi connectivity index (χ1) is 17.3. The Bertz CT molecular complexity index is 1330. The molecule has 0 aromatic heterocycles. The third kappa shape index (κ3) is 6.24. The van der Waals surface area contributed by atoms with Gasteiger partial charge in [0, 0.05) is 10.7 Å². The number of nitrogens with one attached hydrogen (secondary N) is 1. The van der Waals surface area contributed by atoms with E-state index < -0.39 is 23.6 Å². The van der Waals surface area contributed by atoms with E-state index in [9.17, 15) is 18.8 Å². The molecule has 1 aliphatic rings. The minimum absolute atomic E-state index is 0.182. The van der Waals surface area contributed by atoms with Gasteiger partial charge >= 0.3 is 0 Å². The van der Waals surface area contributed by atoms with Gasteiger partial charge in [0.05, 0.1) is 12.0 Å². The minimum Gasteiger partial charge on any atom is -0.493 e. The van der Waals surface area contributed by atoms with Crippen molar-refractivity contribution in [3.8, 4) is 11.5 Å². The first-order valence-electron chi connectivity index (χ1n) is 10.7. The normalized spacial score (nSPS) is 14.3. The zero-order chi connectivity index (χ0) is 25.7. The number of rotatable bonds is 8. The van der Waals surface area contributed by atoms with E-state index in [1.54, 1.807) is 60.7 Å². The van der Waals surface area contributed by atoms with Crippen molar-refractivity contribution in [2.75, 3.05) is 19.0 Å². The summed E-state index contributed by atoms with van der Waals surface area (Å²) in [5.41, 5.74) is 1.90. The van der Waals surface area contributed by atoms with Crippen molar-refractivity contribution in [2.45, 2.75) is 6.61 Å². The van der Waals surface area contributed by atoms with E-state index in [-0.39, 0.29) is 17.3 Å². The van der Waals surface area contributed by atoms with Gasteiger partial charge < -0.3 is 14.8 Å². The molecular weight excluding hydrogens is 507 g/mol. The van der Waals surface area contributed by atoms with Crippen molar-refractivity contribution >= 4 is 52.2 Å². The van der Waals surface area contributed by atoms with Gasteiger partial charge in [-0.15, -0.1) is 0 Å². The number of ether oxygens (including phenoxy) is 2. The fraction of sp³-hybridized carbons (Fsp3) is 0.115.